The van der Waals surface area contributed by atoms with E-state index in [-0.39, 0.29) is 24.4 Å². The van der Waals surface area contributed by atoms with Gasteiger partial charge >= 0.3 is 0 Å². The van der Waals surface area contributed by atoms with Crippen molar-refractivity contribution >= 4 is 23.2 Å². The number of amides is 2. The summed E-state index contributed by atoms with van der Waals surface area (Å²) >= 11 is 0. The van der Waals surface area contributed by atoms with E-state index in [0.29, 0.717) is 12.2 Å². The smallest absolute Gasteiger partial charge is 0.238 e. The topological polar surface area (TPSA) is 76.1 Å². The van der Waals surface area contributed by atoms with E-state index in [9.17, 15) is 14.7 Å². The van der Waals surface area contributed by atoms with Gasteiger partial charge in [0.2, 0.25) is 11.8 Å². The van der Waals surface area contributed by atoms with E-state index in [1.807, 2.05) is 17.0 Å². The van der Waals surface area contributed by atoms with Gasteiger partial charge in [0.05, 0.1) is 12.6 Å². The Morgan fingerprint density at radius 1 is 1.15 bits per heavy atom. The van der Waals surface area contributed by atoms with E-state index in [4.69, 9.17) is 0 Å². The molecule has 2 aliphatic rings. The third kappa shape index (κ3) is 5.06. The number of hydrogen-bond donors (Lipinski definition) is 2. The monoisotopic (exact) mass is 374 g/mol. The van der Waals surface area contributed by atoms with Crippen molar-refractivity contribution in [1.82, 2.24) is 9.80 Å². The molecule has 0 unspecified atom stereocenters. The zero-order chi connectivity index (χ0) is 19.4. The summed E-state index contributed by atoms with van der Waals surface area (Å²) in [6, 6.07) is 7.34. The van der Waals surface area contributed by atoms with Crippen LogP contribution in [0.3, 0.4) is 0 Å². The first-order valence-corrected chi connectivity index (χ1v) is 9.72. The fourth-order valence-electron chi connectivity index (χ4n) is 3.94. The molecule has 2 saturated heterocycles. The Kier molecular flexibility index (Phi) is 6.46. The summed E-state index contributed by atoms with van der Waals surface area (Å²) in [5.41, 5.74) is 1.49. The third-order valence-corrected chi connectivity index (χ3v) is 5.57. The third-order valence-electron chi connectivity index (χ3n) is 5.57. The minimum atomic E-state index is -0.391. The molecule has 0 saturated carbocycles. The van der Waals surface area contributed by atoms with E-state index in [1.165, 1.54) is 26.2 Å². The highest BCUT2D eigenvalue weighted by molar-refractivity contribution is 5.93. The lowest BCUT2D eigenvalue weighted by Crippen LogP contribution is -2.46. The van der Waals surface area contributed by atoms with Crippen LogP contribution in [0.15, 0.2) is 24.3 Å². The number of benzene rings is 1. The zero-order valence-electron chi connectivity index (χ0n) is 16.2. The molecule has 2 heterocycles. The molecule has 148 valence electrons. The normalized spacial score (nSPS) is 24.0. The fraction of sp³-hybridized carbons (Fsp3) is 0.600. The lowest BCUT2D eigenvalue weighted by atomic mass is 10.1. The molecule has 1 aromatic carbocycles. The van der Waals surface area contributed by atoms with Gasteiger partial charge < -0.3 is 15.3 Å². The first-order chi connectivity index (χ1) is 12.9. The summed E-state index contributed by atoms with van der Waals surface area (Å²) in [6.45, 7) is 5.15. The van der Waals surface area contributed by atoms with Crippen LogP contribution in [0, 0.1) is 0 Å². The molecule has 2 aliphatic heterocycles. The van der Waals surface area contributed by atoms with Crippen molar-refractivity contribution in [1.29, 1.82) is 0 Å². The standard InChI is InChI=1S/C20H30N4O3/c1-15(25)22(2)17-8-6-16(7-9-17)21-20(27)14-23-12-18(19(26)13-23)24-10-4-3-5-11-24/h6-9,18-19,26H,3-5,10-14H2,1-2H3,(H,21,27)/t18-,19-/m0/s1. The quantitative estimate of drug-likeness (QED) is 0.808. The molecule has 27 heavy (non-hydrogen) atoms. The van der Waals surface area contributed by atoms with Crippen LogP contribution in [0.4, 0.5) is 11.4 Å². The van der Waals surface area contributed by atoms with Gasteiger partial charge in [0.15, 0.2) is 0 Å². The SMILES string of the molecule is CC(=O)N(C)c1ccc(NC(=O)CN2C[C@H](O)[C@@H](N3CCCCC3)C2)cc1. The highest BCUT2D eigenvalue weighted by atomic mass is 16.3. The first kappa shape index (κ1) is 19.8. The lowest BCUT2D eigenvalue weighted by molar-refractivity contribution is -0.117. The highest BCUT2D eigenvalue weighted by Crippen LogP contribution is 2.21. The molecule has 0 bridgehead atoms. The Bertz CT molecular complexity index is 658. The molecule has 2 fully saturated rings. The van der Waals surface area contributed by atoms with Gasteiger partial charge in [0, 0.05) is 44.5 Å². The van der Waals surface area contributed by atoms with Crippen molar-refractivity contribution in [2.24, 2.45) is 0 Å². The Balaban J connectivity index is 1.50. The van der Waals surface area contributed by atoms with Gasteiger partial charge in [0.25, 0.3) is 0 Å². The largest absolute Gasteiger partial charge is 0.390 e. The second kappa shape index (κ2) is 8.82. The average Bonchev–Trinajstić information content (AvgIpc) is 3.02. The number of likely N-dealkylation sites (tertiary alicyclic amines) is 2. The number of aliphatic hydroxyl groups is 1. The second-order valence-electron chi connectivity index (χ2n) is 7.60. The molecular weight excluding hydrogens is 344 g/mol. The molecule has 3 rings (SSSR count). The molecule has 1 aromatic rings. The molecular formula is C20H30N4O3. The number of aliphatic hydroxyl groups excluding tert-OH is 1. The van der Waals surface area contributed by atoms with Crippen LogP contribution >= 0.6 is 0 Å². The number of β-amino-alcohol motifs (C(OH)–C–C–N with tert-alkyl or cyclic N) is 1. The Labute approximate surface area is 160 Å². The maximum atomic E-state index is 12.4. The van der Waals surface area contributed by atoms with Gasteiger partial charge in [-0.2, -0.15) is 0 Å². The molecule has 2 amide bonds. The fourth-order valence-corrected chi connectivity index (χ4v) is 3.94. The van der Waals surface area contributed by atoms with Crippen LogP contribution < -0.4 is 10.2 Å². The Morgan fingerprint density at radius 2 is 1.81 bits per heavy atom. The van der Waals surface area contributed by atoms with Crippen LogP contribution in [-0.2, 0) is 9.59 Å². The van der Waals surface area contributed by atoms with E-state index in [0.717, 1.165) is 25.3 Å². The first-order valence-electron chi connectivity index (χ1n) is 9.72. The summed E-state index contributed by atoms with van der Waals surface area (Å²) in [5, 5.41) is 13.3. The molecule has 0 spiro atoms. The minimum Gasteiger partial charge on any atom is -0.390 e. The summed E-state index contributed by atoms with van der Waals surface area (Å²) in [4.78, 5) is 29.7. The van der Waals surface area contributed by atoms with Crippen LogP contribution in [0.25, 0.3) is 0 Å². The van der Waals surface area contributed by atoms with Gasteiger partial charge in [-0.1, -0.05) is 6.42 Å². The number of nitrogens with one attached hydrogen (secondary N) is 1. The van der Waals surface area contributed by atoms with E-state index >= 15 is 0 Å². The number of anilines is 2. The van der Waals surface area contributed by atoms with Gasteiger partial charge in [-0.05, 0) is 50.2 Å². The summed E-state index contributed by atoms with van der Waals surface area (Å²) in [5.74, 6) is -0.128. The van der Waals surface area contributed by atoms with Crippen molar-refractivity contribution in [3.8, 4) is 0 Å². The van der Waals surface area contributed by atoms with Crippen LogP contribution in [0.5, 0.6) is 0 Å². The molecule has 2 atom stereocenters. The van der Waals surface area contributed by atoms with Crippen molar-refractivity contribution in [2.75, 3.05) is 50.0 Å². The zero-order valence-corrected chi connectivity index (χ0v) is 16.2. The number of rotatable bonds is 5. The molecule has 7 nitrogen and oxygen atoms in total. The number of hydrogen-bond acceptors (Lipinski definition) is 5. The van der Waals surface area contributed by atoms with Gasteiger partial charge in [0.1, 0.15) is 0 Å². The predicted molar refractivity (Wildman–Crippen MR) is 106 cm³/mol. The average molecular weight is 374 g/mol. The van der Waals surface area contributed by atoms with Crippen molar-refractivity contribution in [3.63, 3.8) is 0 Å². The number of nitrogens with zero attached hydrogens (tertiary/aromatic N) is 3. The van der Waals surface area contributed by atoms with E-state index < -0.39 is 6.10 Å². The number of carbonyl (C=O) groups excluding carboxylic acids is 2. The molecule has 7 heteroatoms. The number of carbonyl (C=O) groups is 2. The van der Waals surface area contributed by atoms with E-state index in [1.54, 1.807) is 24.1 Å². The summed E-state index contributed by atoms with van der Waals surface area (Å²) in [7, 11) is 1.72. The maximum absolute atomic E-state index is 12.4. The summed E-state index contributed by atoms with van der Waals surface area (Å²) in [6.07, 6.45) is 3.26. The highest BCUT2D eigenvalue weighted by Gasteiger charge is 2.36. The second-order valence-corrected chi connectivity index (χ2v) is 7.60. The molecule has 2 N–H and O–H groups in total. The van der Waals surface area contributed by atoms with Crippen molar-refractivity contribution < 1.29 is 14.7 Å². The van der Waals surface area contributed by atoms with Crippen molar-refractivity contribution in [2.45, 2.75) is 38.3 Å². The van der Waals surface area contributed by atoms with Gasteiger partial charge in [-0.3, -0.25) is 19.4 Å². The van der Waals surface area contributed by atoms with Crippen LogP contribution in [0.1, 0.15) is 26.2 Å². The minimum absolute atomic E-state index is 0.0392. The predicted octanol–water partition coefficient (Wildman–Crippen LogP) is 1.14. The Morgan fingerprint density at radius 3 is 2.44 bits per heavy atom. The Hall–Kier alpha value is -1.96. The van der Waals surface area contributed by atoms with Gasteiger partial charge in [-0.15, -0.1) is 0 Å². The van der Waals surface area contributed by atoms with E-state index in [2.05, 4.69) is 10.2 Å². The molecule has 0 radical (unpaired) electrons. The molecule has 0 aromatic heterocycles. The molecule has 0 aliphatic carbocycles. The van der Waals surface area contributed by atoms with Gasteiger partial charge in [-0.25, -0.2) is 0 Å². The summed E-state index contributed by atoms with van der Waals surface area (Å²) < 4.78 is 0. The van der Waals surface area contributed by atoms with Crippen LogP contribution in [0.2, 0.25) is 0 Å². The number of piperidine rings is 1. The lowest BCUT2D eigenvalue weighted by Gasteiger charge is -2.33. The maximum Gasteiger partial charge on any atom is 0.238 e. The van der Waals surface area contributed by atoms with Crippen molar-refractivity contribution in [3.05, 3.63) is 24.3 Å². The van der Waals surface area contributed by atoms with Crippen LogP contribution in [-0.4, -0.2) is 78.6 Å².